The molecule has 6 atom stereocenters. The van der Waals surface area contributed by atoms with E-state index in [9.17, 15) is 9.59 Å². The highest BCUT2D eigenvalue weighted by Gasteiger charge is 2.72. The van der Waals surface area contributed by atoms with Crippen molar-refractivity contribution in [2.24, 2.45) is 5.92 Å². The molecule has 1 N–H and O–H groups in total. The largest absolute Gasteiger partial charge is 0.460 e. The number of allylic oxidation sites excluding steroid dienone is 1. The van der Waals surface area contributed by atoms with Crippen LogP contribution in [0.3, 0.4) is 0 Å². The lowest BCUT2D eigenvalue weighted by molar-refractivity contribution is -0.741. The molecule has 2 heterocycles. The molecule has 1 saturated carbocycles. The fraction of sp³-hybridized carbons (Fsp3) is 0.810. The van der Waals surface area contributed by atoms with Crippen molar-refractivity contribution in [1.29, 1.82) is 0 Å². The maximum atomic E-state index is 12.3. The highest BCUT2D eigenvalue weighted by Crippen LogP contribution is 2.59. The Labute approximate surface area is 176 Å². The molecule has 3 fully saturated rings. The fourth-order valence-corrected chi connectivity index (χ4v) is 4.78. The van der Waals surface area contributed by atoms with Gasteiger partial charge >= 0.3 is 11.9 Å². The van der Waals surface area contributed by atoms with Crippen LogP contribution in [-0.4, -0.2) is 55.2 Å². The van der Waals surface area contributed by atoms with E-state index < -0.39 is 12.1 Å². The highest BCUT2D eigenvalue weighted by atomic mass is 16.7. The normalized spacial score (nSPS) is 36.7. The molecule has 0 bridgehead atoms. The zero-order valence-corrected chi connectivity index (χ0v) is 18.1. The number of hydrogen-bond donors (Lipinski definition) is 1. The average molecular weight is 424 g/mol. The minimum atomic E-state index is -0.646. The van der Waals surface area contributed by atoms with Gasteiger partial charge in [-0.3, -0.25) is 4.79 Å². The number of epoxide rings is 2. The fourth-order valence-electron chi connectivity index (χ4n) is 4.78. The van der Waals surface area contributed by atoms with Crippen LogP contribution in [0.2, 0.25) is 0 Å². The van der Waals surface area contributed by atoms with Crippen molar-refractivity contribution in [3.8, 4) is 0 Å². The van der Waals surface area contributed by atoms with Crippen LogP contribution < -0.4 is 5.28 Å². The summed E-state index contributed by atoms with van der Waals surface area (Å²) in [6, 6.07) is 0. The summed E-state index contributed by atoms with van der Waals surface area (Å²) >= 11 is 0. The van der Waals surface area contributed by atoms with E-state index in [1.807, 2.05) is 0 Å². The van der Waals surface area contributed by atoms with Gasteiger partial charge in [0.1, 0.15) is 23.4 Å². The first kappa shape index (κ1) is 22.8. The summed E-state index contributed by atoms with van der Waals surface area (Å²) in [5.41, 5.74) is 8.93. The molecule has 0 aromatic heterocycles. The van der Waals surface area contributed by atoms with Crippen LogP contribution in [0.15, 0.2) is 11.6 Å². The first-order valence-corrected chi connectivity index (χ1v) is 10.5. The Bertz CT molecular complexity index is 701. The molecule has 3 aliphatic rings. The lowest BCUT2D eigenvalue weighted by Gasteiger charge is -2.42. The quantitative estimate of drug-likeness (QED) is 0.184. The Morgan fingerprint density at radius 3 is 2.57 bits per heavy atom. The van der Waals surface area contributed by atoms with Gasteiger partial charge in [-0.05, 0) is 46.5 Å². The SMILES string of the molecule is COC1C(OC(=O)CCCC(=O)O[NH+]=[N-])CCC2(CO2)C1C1(C)OC1CC=C(C)C. The van der Waals surface area contributed by atoms with E-state index in [1.165, 1.54) is 10.9 Å². The van der Waals surface area contributed by atoms with Crippen molar-refractivity contribution in [2.45, 2.75) is 88.8 Å². The van der Waals surface area contributed by atoms with E-state index in [2.05, 4.69) is 31.7 Å². The molecule has 9 heteroatoms. The number of carbonyl (C=O) groups excluding carboxylic acids is 2. The summed E-state index contributed by atoms with van der Waals surface area (Å²) in [6.45, 7) is 6.91. The molecule has 1 aliphatic carbocycles. The Morgan fingerprint density at radius 2 is 1.97 bits per heavy atom. The zero-order valence-electron chi connectivity index (χ0n) is 18.1. The van der Waals surface area contributed by atoms with Gasteiger partial charge in [-0.1, -0.05) is 11.6 Å². The number of ether oxygens (including phenoxy) is 4. The first-order chi connectivity index (χ1) is 14.3. The summed E-state index contributed by atoms with van der Waals surface area (Å²) in [4.78, 5) is 27.8. The van der Waals surface area contributed by atoms with E-state index in [1.54, 1.807) is 7.11 Å². The third-order valence-corrected chi connectivity index (χ3v) is 6.44. The van der Waals surface area contributed by atoms with Crippen molar-refractivity contribution in [3.63, 3.8) is 0 Å². The number of rotatable bonds is 10. The molecule has 30 heavy (non-hydrogen) atoms. The molecule has 0 radical (unpaired) electrons. The molecule has 0 amide bonds. The van der Waals surface area contributed by atoms with Gasteiger partial charge in [0.05, 0.1) is 25.0 Å². The molecule has 6 unspecified atom stereocenters. The minimum absolute atomic E-state index is 0.00143. The summed E-state index contributed by atoms with van der Waals surface area (Å²) < 4.78 is 23.6. The van der Waals surface area contributed by atoms with Gasteiger partial charge in [-0.2, -0.15) is 0 Å². The third kappa shape index (κ3) is 4.90. The van der Waals surface area contributed by atoms with Gasteiger partial charge in [0.2, 0.25) is 0 Å². The van der Waals surface area contributed by atoms with Gasteiger partial charge in [0.25, 0.3) is 0 Å². The van der Waals surface area contributed by atoms with Crippen molar-refractivity contribution in [3.05, 3.63) is 17.2 Å². The average Bonchev–Trinajstić information content (AvgIpc) is 3.59. The van der Waals surface area contributed by atoms with E-state index in [0.29, 0.717) is 13.0 Å². The molecule has 2 aliphatic heterocycles. The van der Waals surface area contributed by atoms with Gasteiger partial charge < -0.3 is 24.5 Å². The number of nitrogens with one attached hydrogen (secondary N) is 1. The molecule has 9 nitrogen and oxygen atoms in total. The predicted octanol–water partition coefficient (Wildman–Crippen LogP) is 1.34. The first-order valence-electron chi connectivity index (χ1n) is 10.5. The number of carbonyl (C=O) groups is 2. The Balaban J connectivity index is 1.61. The Kier molecular flexibility index (Phi) is 6.94. The molecule has 0 aromatic rings. The van der Waals surface area contributed by atoms with Gasteiger partial charge in [-0.15, -0.1) is 5.28 Å². The summed E-state index contributed by atoms with van der Waals surface area (Å²) in [5, 5.41) is 1.33. The number of methoxy groups -OCH3 is 1. The summed E-state index contributed by atoms with van der Waals surface area (Å²) in [7, 11) is 1.63. The molecule has 1 spiro atoms. The molecule has 168 valence electrons. The lowest BCUT2D eigenvalue weighted by atomic mass is 9.68. The van der Waals surface area contributed by atoms with Crippen molar-refractivity contribution < 1.29 is 38.7 Å². The summed E-state index contributed by atoms with van der Waals surface area (Å²) in [6.07, 6.45) is 4.19. The Morgan fingerprint density at radius 1 is 1.27 bits per heavy atom. The minimum Gasteiger partial charge on any atom is -0.460 e. The van der Waals surface area contributed by atoms with E-state index >= 15 is 0 Å². The van der Waals surface area contributed by atoms with Crippen LogP contribution in [0.1, 0.15) is 59.3 Å². The maximum absolute atomic E-state index is 12.3. The van der Waals surface area contributed by atoms with Crippen LogP contribution >= 0.6 is 0 Å². The van der Waals surface area contributed by atoms with Gasteiger partial charge in [-0.25, -0.2) is 9.63 Å². The van der Waals surface area contributed by atoms with Crippen LogP contribution in [0.4, 0.5) is 0 Å². The number of esters is 1. The third-order valence-electron chi connectivity index (χ3n) is 6.44. The smallest absolute Gasteiger partial charge is 0.378 e. The molecular weight excluding hydrogens is 392 g/mol. The second-order valence-electron chi connectivity index (χ2n) is 8.82. The van der Waals surface area contributed by atoms with Crippen LogP contribution in [0.25, 0.3) is 5.53 Å². The van der Waals surface area contributed by atoms with E-state index in [0.717, 1.165) is 12.8 Å². The predicted molar refractivity (Wildman–Crippen MR) is 104 cm³/mol. The van der Waals surface area contributed by atoms with Crippen molar-refractivity contribution in [1.82, 2.24) is 0 Å². The lowest BCUT2D eigenvalue weighted by Crippen LogP contribution is -2.63. The van der Waals surface area contributed by atoms with E-state index in [-0.39, 0.29) is 54.6 Å². The molecular formula is C21H32N2O7. The molecule has 3 rings (SSSR count). The van der Waals surface area contributed by atoms with E-state index in [4.69, 9.17) is 24.5 Å². The standard InChI is InChI=1S/C21H32N2O7/c1-13(2)8-9-15-20(3,29-15)19-18(26-4)14(10-11-21(19)12-27-21)28-16(24)6-5-7-17(25)30-23-22/h8,14-15,18-19,23H,5-7,9-12H2,1-4H3. The van der Waals surface area contributed by atoms with Gasteiger partial charge in [0.15, 0.2) is 0 Å². The zero-order chi connectivity index (χ0) is 21.9. The van der Waals surface area contributed by atoms with Crippen molar-refractivity contribution >= 4 is 11.9 Å². The molecule has 2 saturated heterocycles. The second kappa shape index (κ2) is 9.11. The number of hydrogen-bond acceptors (Lipinski definition) is 7. The number of nitrogens with zero attached hydrogens (tertiary/aromatic N) is 1. The van der Waals surface area contributed by atoms with Crippen molar-refractivity contribution in [2.75, 3.05) is 13.7 Å². The topological polar surface area (TPSA) is 123 Å². The Hall–Kier alpha value is -1.84. The summed E-state index contributed by atoms with van der Waals surface area (Å²) in [5.74, 6) is -1.06. The van der Waals surface area contributed by atoms with Crippen LogP contribution in [0.5, 0.6) is 0 Å². The second-order valence-corrected chi connectivity index (χ2v) is 8.82. The van der Waals surface area contributed by atoms with Gasteiger partial charge in [0, 0.05) is 13.5 Å². The maximum Gasteiger partial charge on any atom is 0.378 e. The van der Waals surface area contributed by atoms with Crippen LogP contribution in [0, 0.1) is 5.92 Å². The monoisotopic (exact) mass is 424 g/mol. The molecule has 0 aromatic carbocycles. The van der Waals surface area contributed by atoms with Crippen LogP contribution in [-0.2, 0) is 33.4 Å². The highest BCUT2D eigenvalue weighted by molar-refractivity contribution is 5.72.